The third-order valence-corrected chi connectivity index (χ3v) is 6.04. The fraction of sp³-hybridized carbons (Fsp3) is 0.652. The largest absolute Gasteiger partial charge is 0.497 e. The number of aliphatic imine (C=N–C) groups is 1. The molecule has 1 aromatic rings. The van der Waals surface area contributed by atoms with Gasteiger partial charge in [-0.25, -0.2) is 0 Å². The van der Waals surface area contributed by atoms with Crippen molar-refractivity contribution in [2.45, 2.75) is 45.6 Å². The highest BCUT2D eigenvalue weighted by molar-refractivity contribution is 5.81. The predicted octanol–water partition coefficient (Wildman–Crippen LogP) is 2.57. The molecular formula is C23H37N5O2. The van der Waals surface area contributed by atoms with Crippen molar-refractivity contribution in [1.82, 2.24) is 15.1 Å². The number of piperidine rings is 1. The molecule has 1 unspecified atom stereocenters. The summed E-state index contributed by atoms with van der Waals surface area (Å²) in [6.45, 7) is 10.2. The van der Waals surface area contributed by atoms with Crippen LogP contribution in [-0.2, 0) is 4.79 Å². The number of benzene rings is 1. The van der Waals surface area contributed by atoms with E-state index in [4.69, 9.17) is 9.73 Å². The zero-order valence-electron chi connectivity index (χ0n) is 18.8. The molecule has 0 saturated carbocycles. The maximum Gasteiger partial charge on any atom is 0.224 e. The first-order valence-electron chi connectivity index (χ1n) is 11.3. The van der Waals surface area contributed by atoms with Crippen molar-refractivity contribution in [2.75, 3.05) is 57.8 Å². The first-order chi connectivity index (χ1) is 14.6. The Balaban J connectivity index is 1.52. The number of guanidine groups is 1. The summed E-state index contributed by atoms with van der Waals surface area (Å²) in [7, 11) is 1.70. The van der Waals surface area contributed by atoms with E-state index in [-0.39, 0.29) is 5.91 Å². The Bertz CT molecular complexity index is 715. The lowest BCUT2D eigenvalue weighted by atomic mass is 10.0. The van der Waals surface area contributed by atoms with Crippen molar-refractivity contribution in [3.05, 3.63) is 24.3 Å². The number of hydrogen-bond donors (Lipinski definition) is 1. The van der Waals surface area contributed by atoms with E-state index >= 15 is 0 Å². The smallest absolute Gasteiger partial charge is 0.224 e. The zero-order valence-corrected chi connectivity index (χ0v) is 18.8. The van der Waals surface area contributed by atoms with Gasteiger partial charge in [-0.05, 0) is 45.2 Å². The summed E-state index contributed by atoms with van der Waals surface area (Å²) < 4.78 is 5.35. The fourth-order valence-electron chi connectivity index (χ4n) is 4.28. The average molecular weight is 416 g/mol. The Morgan fingerprint density at radius 2 is 2.00 bits per heavy atom. The van der Waals surface area contributed by atoms with Gasteiger partial charge in [-0.2, -0.15) is 0 Å². The van der Waals surface area contributed by atoms with Crippen molar-refractivity contribution in [3.8, 4) is 5.75 Å². The minimum Gasteiger partial charge on any atom is -0.497 e. The highest BCUT2D eigenvalue weighted by Gasteiger charge is 2.23. The second-order valence-corrected chi connectivity index (χ2v) is 8.09. The van der Waals surface area contributed by atoms with E-state index in [9.17, 15) is 4.79 Å². The fourth-order valence-corrected chi connectivity index (χ4v) is 4.28. The molecule has 2 fully saturated rings. The van der Waals surface area contributed by atoms with Gasteiger partial charge >= 0.3 is 0 Å². The van der Waals surface area contributed by atoms with Crippen LogP contribution in [-0.4, -0.2) is 80.6 Å². The van der Waals surface area contributed by atoms with Gasteiger partial charge in [0.1, 0.15) is 5.75 Å². The Labute approximate surface area is 181 Å². The molecule has 0 radical (unpaired) electrons. The van der Waals surface area contributed by atoms with E-state index in [1.165, 1.54) is 12.1 Å². The third-order valence-electron chi connectivity index (χ3n) is 6.04. The molecule has 1 aromatic carbocycles. The maximum atomic E-state index is 12.6. The SMILES string of the molecule is CCNC(=NCCC(=O)N1CCCCC1C)N1CCN(c2cccc(OC)c2)CC1. The number of carbonyl (C=O) groups excluding carboxylic acids is 1. The van der Waals surface area contributed by atoms with Gasteiger partial charge in [-0.15, -0.1) is 0 Å². The maximum absolute atomic E-state index is 12.6. The number of methoxy groups -OCH3 is 1. The first kappa shape index (κ1) is 22.2. The zero-order chi connectivity index (χ0) is 21.3. The molecule has 7 heteroatoms. The number of rotatable bonds is 6. The molecule has 30 heavy (non-hydrogen) atoms. The van der Waals surface area contributed by atoms with Crippen molar-refractivity contribution in [2.24, 2.45) is 4.99 Å². The number of nitrogens with one attached hydrogen (secondary N) is 1. The van der Waals surface area contributed by atoms with E-state index in [1.807, 2.05) is 17.0 Å². The van der Waals surface area contributed by atoms with Crippen LogP contribution in [0.2, 0.25) is 0 Å². The Morgan fingerprint density at radius 1 is 1.20 bits per heavy atom. The number of likely N-dealkylation sites (tertiary alicyclic amines) is 1. The molecule has 0 spiro atoms. The Kier molecular flexibility index (Phi) is 8.22. The molecule has 1 amide bonds. The summed E-state index contributed by atoms with van der Waals surface area (Å²) >= 11 is 0. The van der Waals surface area contributed by atoms with Gasteiger partial charge in [-0.1, -0.05) is 6.07 Å². The number of nitrogens with zero attached hydrogens (tertiary/aromatic N) is 4. The van der Waals surface area contributed by atoms with Gasteiger partial charge in [-0.3, -0.25) is 9.79 Å². The molecule has 166 valence electrons. The van der Waals surface area contributed by atoms with E-state index in [0.717, 1.165) is 63.8 Å². The molecule has 2 heterocycles. The lowest BCUT2D eigenvalue weighted by Gasteiger charge is -2.38. The second kappa shape index (κ2) is 11.1. The molecule has 3 rings (SSSR count). The Hall–Kier alpha value is -2.44. The standard InChI is InChI=1S/C23H37N5O2/c1-4-24-23(25-12-11-22(29)28-13-6-5-8-19(28)2)27-16-14-26(15-17-27)20-9-7-10-21(18-20)30-3/h7,9-10,18-19H,4-6,8,11-17H2,1-3H3,(H,24,25). The monoisotopic (exact) mass is 415 g/mol. The molecule has 2 aliphatic heterocycles. The van der Waals surface area contributed by atoms with E-state index in [1.54, 1.807) is 7.11 Å². The summed E-state index contributed by atoms with van der Waals surface area (Å²) in [5.74, 6) is 2.05. The third kappa shape index (κ3) is 5.80. The number of carbonyl (C=O) groups is 1. The van der Waals surface area contributed by atoms with Crippen LogP contribution in [0.5, 0.6) is 5.75 Å². The normalized spacial score (nSPS) is 20.3. The van der Waals surface area contributed by atoms with Crippen LogP contribution < -0.4 is 15.0 Å². The van der Waals surface area contributed by atoms with E-state index in [0.29, 0.717) is 19.0 Å². The van der Waals surface area contributed by atoms with Gasteiger partial charge in [0.15, 0.2) is 5.96 Å². The molecule has 1 atom stereocenters. The molecule has 0 bridgehead atoms. The predicted molar refractivity (Wildman–Crippen MR) is 122 cm³/mol. The highest BCUT2D eigenvalue weighted by atomic mass is 16.5. The summed E-state index contributed by atoms with van der Waals surface area (Å²) in [6.07, 6.45) is 3.97. The number of hydrogen-bond acceptors (Lipinski definition) is 4. The molecule has 2 aliphatic rings. The number of amides is 1. The minimum atomic E-state index is 0.240. The second-order valence-electron chi connectivity index (χ2n) is 8.09. The molecular weight excluding hydrogens is 378 g/mol. The Morgan fingerprint density at radius 3 is 2.70 bits per heavy atom. The number of anilines is 1. The van der Waals surface area contributed by atoms with Crippen LogP contribution in [0.1, 0.15) is 39.5 Å². The van der Waals surface area contributed by atoms with E-state index in [2.05, 4.69) is 41.1 Å². The average Bonchev–Trinajstić information content (AvgIpc) is 2.79. The molecule has 7 nitrogen and oxygen atoms in total. The summed E-state index contributed by atoms with van der Waals surface area (Å²) in [4.78, 5) is 24.1. The first-order valence-corrected chi connectivity index (χ1v) is 11.3. The van der Waals surface area contributed by atoms with Gasteiger partial charge < -0.3 is 24.8 Å². The molecule has 0 aromatic heterocycles. The summed E-state index contributed by atoms with van der Waals surface area (Å²) in [5.41, 5.74) is 1.19. The van der Waals surface area contributed by atoms with Crippen molar-refractivity contribution in [3.63, 3.8) is 0 Å². The molecule has 1 N–H and O–H groups in total. The minimum absolute atomic E-state index is 0.240. The van der Waals surface area contributed by atoms with Crippen LogP contribution in [0, 0.1) is 0 Å². The number of piperazine rings is 1. The van der Waals surface area contributed by atoms with E-state index < -0.39 is 0 Å². The lowest BCUT2D eigenvalue weighted by Crippen LogP contribution is -2.52. The molecule has 2 saturated heterocycles. The quantitative estimate of drug-likeness (QED) is 0.572. The van der Waals surface area contributed by atoms with Gasteiger partial charge in [0.25, 0.3) is 0 Å². The van der Waals surface area contributed by atoms with Crippen LogP contribution in [0.15, 0.2) is 29.3 Å². The highest BCUT2D eigenvalue weighted by Crippen LogP contribution is 2.22. The van der Waals surface area contributed by atoms with Crippen molar-refractivity contribution < 1.29 is 9.53 Å². The number of ether oxygens (including phenoxy) is 1. The van der Waals surface area contributed by atoms with Crippen LogP contribution >= 0.6 is 0 Å². The van der Waals surface area contributed by atoms with Crippen LogP contribution in [0.25, 0.3) is 0 Å². The van der Waals surface area contributed by atoms with Crippen molar-refractivity contribution in [1.29, 1.82) is 0 Å². The van der Waals surface area contributed by atoms with Crippen molar-refractivity contribution >= 4 is 17.6 Å². The van der Waals surface area contributed by atoms with Gasteiger partial charge in [0.2, 0.25) is 5.91 Å². The summed E-state index contributed by atoms with van der Waals surface area (Å²) in [6, 6.07) is 8.59. The van der Waals surface area contributed by atoms with Gasteiger partial charge in [0.05, 0.1) is 13.7 Å². The lowest BCUT2D eigenvalue weighted by molar-refractivity contribution is -0.134. The summed E-state index contributed by atoms with van der Waals surface area (Å²) in [5, 5.41) is 3.40. The van der Waals surface area contributed by atoms with Crippen LogP contribution in [0.4, 0.5) is 5.69 Å². The molecule has 0 aliphatic carbocycles. The van der Waals surface area contributed by atoms with Gasteiger partial charge in [0, 0.05) is 63.5 Å². The van der Waals surface area contributed by atoms with Crippen LogP contribution in [0.3, 0.4) is 0 Å². The topological polar surface area (TPSA) is 60.4 Å².